The average Bonchev–Trinajstić information content (AvgIpc) is 2.20. The minimum Gasteiger partial charge on any atom is -0.303 e. The van der Waals surface area contributed by atoms with Crippen LogP contribution in [0.4, 0.5) is 61.5 Å². The average molecular weight is 450 g/mol. The molecule has 19 heteroatoms. The van der Waals surface area contributed by atoms with Gasteiger partial charge in [0.05, 0.1) is 0 Å². The van der Waals surface area contributed by atoms with E-state index in [1.165, 1.54) is 0 Å². The summed E-state index contributed by atoms with van der Waals surface area (Å²) >= 11 is 0. The predicted molar refractivity (Wildman–Crippen MR) is 50.7 cm³/mol. The van der Waals surface area contributed by atoms with Crippen molar-refractivity contribution in [2.45, 2.75) is 43.2 Å². The molecule has 0 fully saturated rings. The van der Waals surface area contributed by atoms with E-state index in [2.05, 4.69) is 0 Å². The van der Waals surface area contributed by atoms with E-state index >= 15 is 0 Å². The number of rotatable bonds is 4. The van der Waals surface area contributed by atoms with E-state index < -0.39 is 44.1 Å². The van der Waals surface area contributed by atoms with Gasteiger partial charge in [0, 0.05) is 6.92 Å². The van der Waals surface area contributed by atoms with Crippen LogP contribution in [0.2, 0.25) is 0 Å². The van der Waals surface area contributed by atoms with Gasteiger partial charge in [0.15, 0.2) is 0 Å². The normalized spacial score (nSPS) is 15.4. The molecule has 0 aromatic rings. The number of alkyl halides is 14. The SMILES string of the molecule is CC(F)(F)C(F)(F)F.O=P(O)(O)OC(F)(F)C(F)(F)C(F)(F)C(F)(F)F. The van der Waals surface area contributed by atoms with E-state index in [4.69, 9.17) is 9.79 Å². The van der Waals surface area contributed by atoms with Crippen LogP contribution in [0, 0.1) is 0 Å². The molecular weight excluding hydrogens is 445 g/mol. The zero-order chi connectivity index (χ0) is 22.2. The maximum Gasteiger partial charge on any atom is 0.474 e. The molecule has 0 rings (SSSR count). The van der Waals surface area contributed by atoms with Crippen LogP contribution in [0.5, 0.6) is 0 Å². The van der Waals surface area contributed by atoms with E-state index in [1.807, 2.05) is 4.52 Å². The number of phosphoric ester groups is 1. The highest BCUT2D eigenvalue weighted by Crippen LogP contribution is 2.57. The van der Waals surface area contributed by atoms with Crippen molar-refractivity contribution in [3.05, 3.63) is 0 Å². The van der Waals surface area contributed by atoms with Gasteiger partial charge >= 0.3 is 44.1 Å². The summed E-state index contributed by atoms with van der Waals surface area (Å²) in [6.07, 6.45) is -19.2. The first-order valence-electron chi connectivity index (χ1n) is 5.12. The minimum absolute atomic E-state index is 0.188. The predicted octanol–water partition coefficient (Wildman–Crippen LogP) is 4.73. The highest BCUT2D eigenvalue weighted by atomic mass is 31.2. The van der Waals surface area contributed by atoms with E-state index in [0.29, 0.717) is 0 Å². The fourth-order valence-electron chi connectivity index (χ4n) is 0.567. The molecule has 0 atom stereocenters. The Morgan fingerprint density at radius 2 is 0.923 bits per heavy atom. The monoisotopic (exact) mass is 450 g/mol. The number of halogens is 14. The fourth-order valence-corrected chi connectivity index (χ4v) is 0.981. The fraction of sp³-hybridized carbons (Fsp3) is 1.00. The van der Waals surface area contributed by atoms with E-state index in [0.717, 1.165) is 0 Å². The molecule has 0 aromatic carbocycles. The van der Waals surface area contributed by atoms with Crippen molar-refractivity contribution < 1.29 is 80.3 Å². The summed E-state index contributed by atoms with van der Waals surface area (Å²) in [6, 6.07) is 0. The summed E-state index contributed by atoms with van der Waals surface area (Å²) in [5, 5.41) is 0. The molecule has 0 unspecified atom stereocenters. The van der Waals surface area contributed by atoms with Crippen LogP contribution >= 0.6 is 7.82 Å². The second-order valence-corrected chi connectivity index (χ2v) is 5.30. The maximum absolute atomic E-state index is 12.3. The first kappa shape index (κ1) is 27.3. The van der Waals surface area contributed by atoms with Crippen LogP contribution in [0.1, 0.15) is 6.92 Å². The summed E-state index contributed by atoms with van der Waals surface area (Å²) in [6.45, 7) is -0.188. The second-order valence-electron chi connectivity index (χ2n) is 4.13. The van der Waals surface area contributed by atoms with Crippen LogP contribution in [0.15, 0.2) is 0 Å². The molecule has 0 aliphatic heterocycles. The van der Waals surface area contributed by atoms with Gasteiger partial charge in [-0.05, 0) is 0 Å². The molecule has 0 aliphatic carbocycles. The standard InChI is InChI=1S/C4H2F9O4P.C3H3F5/c5-1(6,3(9,10)11)2(7,8)4(12,13)17-18(14,15)16;1-2(4,5)3(6,7)8/h(H2,14,15,16);1H3. The lowest BCUT2D eigenvalue weighted by Gasteiger charge is -2.32. The van der Waals surface area contributed by atoms with Crippen LogP contribution in [-0.2, 0) is 9.09 Å². The van der Waals surface area contributed by atoms with Gasteiger partial charge < -0.3 is 9.79 Å². The van der Waals surface area contributed by atoms with Gasteiger partial charge in [-0.25, -0.2) is 9.09 Å². The smallest absolute Gasteiger partial charge is 0.303 e. The third-order valence-corrected chi connectivity index (χ3v) is 2.31. The summed E-state index contributed by atoms with van der Waals surface area (Å²) in [5.74, 6) is -19.1. The molecule has 0 saturated heterocycles. The highest BCUT2D eigenvalue weighted by molar-refractivity contribution is 7.46. The Balaban J connectivity index is 0. The lowest BCUT2D eigenvalue weighted by Crippen LogP contribution is -2.61. The van der Waals surface area contributed by atoms with Gasteiger partial charge in [0.1, 0.15) is 0 Å². The van der Waals surface area contributed by atoms with Crippen molar-refractivity contribution in [3.63, 3.8) is 0 Å². The molecule has 0 heterocycles. The zero-order valence-electron chi connectivity index (χ0n) is 11.4. The van der Waals surface area contributed by atoms with Crippen molar-refractivity contribution in [3.8, 4) is 0 Å². The van der Waals surface area contributed by atoms with Crippen molar-refractivity contribution in [1.29, 1.82) is 0 Å². The first-order chi connectivity index (χ1) is 10.7. The quantitative estimate of drug-likeness (QED) is 0.481. The van der Waals surface area contributed by atoms with Gasteiger partial charge in [-0.1, -0.05) is 0 Å². The largest absolute Gasteiger partial charge is 0.474 e. The molecule has 0 saturated carbocycles. The van der Waals surface area contributed by atoms with Gasteiger partial charge in [0.25, 0.3) is 0 Å². The first-order valence-corrected chi connectivity index (χ1v) is 6.65. The van der Waals surface area contributed by atoms with Crippen LogP contribution in [0.25, 0.3) is 0 Å². The van der Waals surface area contributed by atoms with Gasteiger partial charge in [-0.3, -0.25) is 0 Å². The number of phosphoric acid groups is 1. The molecule has 0 spiro atoms. The molecule has 2 N–H and O–H groups in total. The van der Waals surface area contributed by atoms with Gasteiger partial charge in [-0.15, -0.1) is 0 Å². The second kappa shape index (κ2) is 7.27. The Kier molecular flexibility index (Phi) is 7.65. The van der Waals surface area contributed by atoms with Crippen molar-refractivity contribution in [2.24, 2.45) is 0 Å². The topological polar surface area (TPSA) is 66.8 Å². The van der Waals surface area contributed by atoms with Crippen LogP contribution in [-0.4, -0.2) is 46.0 Å². The highest BCUT2D eigenvalue weighted by Gasteiger charge is 2.83. The molecule has 4 nitrogen and oxygen atoms in total. The summed E-state index contributed by atoms with van der Waals surface area (Å²) in [5.41, 5.74) is 0. The lowest BCUT2D eigenvalue weighted by atomic mass is 10.1. The van der Waals surface area contributed by atoms with E-state index in [1.54, 1.807) is 0 Å². The Bertz CT molecular complexity index is 499. The summed E-state index contributed by atoms with van der Waals surface area (Å²) in [7, 11) is -6.44. The zero-order valence-corrected chi connectivity index (χ0v) is 12.3. The molecule has 160 valence electrons. The molecule has 0 aliphatic rings. The van der Waals surface area contributed by atoms with Crippen molar-refractivity contribution in [2.75, 3.05) is 0 Å². The Hall–Kier alpha value is -0.870. The molecule has 0 bridgehead atoms. The summed E-state index contributed by atoms with van der Waals surface area (Å²) in [4.78, 5) is 15.5. The minimum atomic E-state index is -7.27. The molecule has 0 amide bonds. The Morgan fingerprint density at radius 1 is 0.654 bits per heavy atom. The number of hydrogen-bond donors (Lipinski definition) is 2. The molecular formula is C7H5F14O4P. The third-order valence-electron chi connectivity index (χ3n) is 1.85. The summed E-state index contributed by atoms with van der Waals surface area (Å²) < 4.78 is 174. The molecule has 0 radical (unpaired) electrons. The van der Waals surface area contributed by atoms with Gasteiger partial charge in [-0.2, -0.15) is 61.5 Å². The van der Waals surface area contributed by atoms with E-state index in [-0.39, 0.29) is 6.92 Å². The van der Waals surface area contributed by atoms with Crippen molar-refractivity contribution in [1.82, 2.24) is 0 Å². The molecule has 26 heavy (non-hydrogen) atoms. The lowest BCUT2D eigenvalue weighted by molar-refractivity contribution is -0.430. The Morgan fingerprint density at radius 3 is 1.08 bits per heavy atom. The maximum atomic E-state index is 12.3. The Labute approximate surface area is 133 Å². The van der Waals surface area contributed by atoms with E-state index in [9.17, 15) is 66.0 Å². The third kappa shape index (κ3) is 6.70. The van der Waals surface area contributed by atoms with Gasteiger partial charge in [0.2, 0.25) is 0 Å². The van der Waals surface area contributed by atoms with Crippen LogP contribution < -0.4 is 0 Å². The number of hydrogen-bond acceptors (Lipinski definition) is 2. The van der Waals surface area contributed by atoms with Crippen LogP contribution in [0.3, 0.4) is 0 Å². The molecule has 0 aromatic heterocycles. The van der Waals surface area contributed by atoms with Crippen molar-refractivity contribution >= 4 is 7.82 Å².